The summed E-state index contributed by atoms with van der Waals surface area (Å²) in [5.74, 6) is 2.00. The van der Waals surface area contributed by atoms with Crippen molar-refractivity contribution in [2.45, 2.75) is 32.2 Å². The number of carbonyl (C=O) groups is 1. The summed E-state index contributed by atoms with van der Waals surface area (Å²) in [7, 11) is 0. The summed E-state index contributed by atoms with van der Waals surface area (Å²) < 4.78 is 2.20. The second kappa shape index (κ2) is 6.57. The lowest BCUT2D eigenvalue weighted by molar-refractivity contribution is -0.115. The number of anilines is 1. The maximum Gasteiger partial charge on any atom is 0.229 e. The number of nitrogens with zero attached hydrogens (tertiary/aromatic N) is 3. The molecule has 0 radical (unpaired) electrons. The molecule has 1 aliphatic heterocycles. The van der Waals surface area contributed by atoms with Crippen LogP contribution in [0, 0.1) is 0 Å². The summed E-state index contributed by atoms with van der Waals surface area (Å²) in [6, 6.07) is 11.8. The van der Waals surface area contributed by atoms with Gasteiger partial charge in [0.2, 0.25) is 5.91 Å². The zero-order chi connectivity index (χ0) is 16.4. The number of benzene rings is 1. The van der Waals surface area contributed by atoms with Crippen molar-refractivity contribution in [2.24, 2.45) is 0 Å². The molecule has 0 fully saturated rings. The van der Waals surface area contributed by atoms with Gasteiger partial charge >= 0.3 is 0 Å². The number of nitrogens with one attached hydrogen (secondary N) is 1. The van der Waals surface area contributed by atoms with Crippen molar-refractivity contribution < 1.29 is 4.79 Å². The molecule has 0 saturated heterocycles. The van der Waals surface area contributed by atoms with Crippen LogP contribution in [0.2, 0.25) is 0 Å². The van der Waals surface area contributed by atoms with E-state index in [1.807, 2.05) is 41.8 Å². The minimum Gasteiger partial charge on any atom is -0.326 e. The van der Waals surface area contributed by atoms with Crippen LogP contribution in [0.25, 0.3) is 11.4 Å². The summed E-state index contributed by atoms with van der Waals surface area (Å²) in [5.41, 5.74) is 1.84. The fraction of sp³-hybridized carbons (Fsp3) is 0.278. The van der Waals surface area contributed by atoms with Gasteiger partial charge in [-0.2, -0.15) is 0 Å². The average molecular weight is 338 g/mol. The van der Waals surface area contributed by atoms with Crippen molar-refractivity contribution in [3.8, 4) is 11.4 Å². The number of aryl methyl sites for hydroxylation is 1. The average Bonchev–Trinajstić information content (AvgIpc) is 3.25. The number of amides is 1. The van der Waals surface area contributed by atoms with E-state index in [1.165, 1.54) is 12.8 Å². The number of hydrogen-bond acceptors (Lipinski definition) is 4. The van der Waals surface area contributed by atoms with Gasteiger partial charge in [0.15, 0.2) is 5.82 Å². The zero-order valence-electron chi connectivity index (χ0n) is 13.2. The SMILES string of the molecule is O=C(Cc1cccs1)Nc1ccc(-c2nnc3n2CCCC3)cc1. The zero-order valence-corrected chi connectivity index (χ0v) is 14.1. The summed E-state index contributed by atoms with van der Waals surface area (Å²) in [6.45, 7) is 0.983. The van der Waals surface area contributed by atoms with Crippen molar-refractivity contribution in [3.63, 3.8) is 0 Å². The van der Waals surface area contributed by atoms with Gasteiger partial charge in [0, 0.05) is 29.1 Å². The first kappa shape index (κ1) is 15.1. The molecule has 3 aromatic rings. The third-order valence-corrected chi connectivity index (χ3v) is 5.08. The molecule has 24 heavy (non-hydrogen) atoms. The highest BCUT2D eigenvalue weighted by atomic mass is 32.1. The molecule has 5 nitrogen and oxygen atoms in total. The van der Waals surface area contributed by atoms with Gasteiger partial charge in [-0.3, -0.25) is 4.79 Å². The molecule has 1 aromatic carbocycles. The first-order valence-corrected chi connectivity index (χ1v) is 9.02. The molecular formula is C18H18N4OS. The number of rotatable bonds is 4. The van der Waals surface area contributed by atoms with Crippen LogP contribution in [0.3, 0.4) is 0 Å². The van der Waals surface area contributed by atoms with E-state index in [9.17, 15) is 4.79 Å². The second-order valence-electron chi connectivity index (χ2n) is 5.93. The molecule has 0 bridgehead atoms. The first-order valence-electron chi connectivity index (χ1n) is 8.14. The Morgan fingerprint density at radius 1 is 1.17 bits per heavy atom. The number of aromatic nitrogens is 3. The Kier molecular flexibility index (Phi) is 4.13. The maximum atomic E-state index is 12.1. The lowest BCUT2D eigenvalue weighted by Crippen LogP contribution is -2.13. The minimum absolute atomic E-state index is 0.00468. The number of thiophene rings is 1. The first-order chi connectivity index (χ1) is 11.8. The number of carbonyl (C=O) groups excluding carboxylic acids is 1. The molecule has 6 heteroatoms. The van der Waals surface area contributed by atoms with Crippen LogP contribution in [0.15, 0.2) is 41.8 Å². The van der Waals surface area contributed by atoms with Crippen molar-refractivity contribution in [2.75, 3.05) is 5.32 Å². The van der Waals surface area contributed by atoms with Gasteiger partial charge in [0.05, 0.1) is 6.42 Å². The smallest absolute Gasteiger partial charge is 0.229 e. The summed E-state index contributed by atoms with van der Waals surface area (Å²) in [6.07, 6.45) is 3.78. The molecule has 0 aliphatic carbocycles. The van der Waals surface area contributed by atoms with Crippen LogP contribution < -0.4 is 5.32 Å². The van der Waals surface area contributed by atoms with Crippen LogP contribution >= 0.6 is 11.3 Å². The van der Waals surface area contributed by atoms with Crippen molar-refractivity contribution in [1.82, 2.24) is 14.8 Å². The van der Waals surface area contributed by atoms with Crippen LogP contribution in [-0.4, -0.2) is 20.7 Å². The highest BCUT2D eigenvalue weighted by Gasteiger charge is 2.16. The topological polar surface area (TPSA) is 59.8 Å². The second-order valence-corrected chi connectivity index (χ2v) is 6.96. The highest BCUT2D eigenvalue weighted by molar-refractivity contribution is 7.10. The third-order valence-electron chi connectivity index (χ3n) is 4.20. The third kappa shape index (κ3) is 3.10. The van der Waals surface area contributed by atoms with Gasteiger partial charge in [-0.1, -0.05) is 6.07 Å². The molecule has 0 atom stereocenters. The van der Waals surface area contributed by atoms with Gasteiger partial charge in [0.25, 0.3) is 0 Å². The molecule has 1 N–H and O–H groups in total. The monoisotopic (exact) mass is 338 g/mol. The quantitative estimate of drug-likeness (QED) is 0.792. The molecule has 0 spiro atoms. The van der Waals surface area contributed by atoms with E-state index in [1.54, 1.807) is 11.3 Å². The lowest BCUT2D eigenvalue weighted by Gasteiger charge is -2.14. The van der Waals surface area contributed by atoms with Gasteiger partial charge in [-0.05, 0) is 48.6 Å². The van der Waals surface area contributed by atoms with E-state index in [2.05, 4.69) is 20.1 Å². The van der Waals surface area contributed by atoms with Crippen LogP contribution in [-0.2, 0) is 24.2 Å². The summed E-state index contributed by atoms with van der Waals surface area (Å²) in [5, 5.41) is 13.5. The van der Waals surface area contributed by atoms with Crippen LogP contribution in [0.4, 0.5) is 5.69 Å². The van der Waals surface area contributed by atoms with E-state index in [4.69, 9.17) is 0 Å². The summed E-state index contributed by atoms with van der Waals surface area (Å²) >= 11 is 1.60. The Morgan fingerprint density at radius 2 is 2.04 bits per heavy atom. The van der Waals surface area contributed by atoms with Crippen LogP contribution in [0.5, 0.6) is 0 Å². The Balaban J connectivity index is 1.47. The van der Waals surface area contributed by atoms with Gasteiger partial charge in [-0.15, -0.1) is 21.5 Å². The van der Waals surface area contributed by atoms with Gasteiger partial charge in [0.1, 0.15) is 5.82 Å². The molecule has 2 aromatic heterocycles. The largest absolute Gasteiger partial charge is 0.326 e. The normalized spacial score (nSPS) is 13.5. The van der Waals surface area contributed by atoms with Crippen molar-refractivity contribution in [3.05, 3.63) is 52.5 Å². The van der Waals surface area contributed by atoms with Crippen molar-refractivity contribution in [1.29, 1.82) is 0 Å². The standard InChI is InChI=1S/C18H18N4OS/c23-17(12-15-4-3-11-24-15)19-14-8-6-13(7-9-14)18-21-20-16-5-1-2-10-22(16)18/h3-4,6-9,11H,1-2,5,10,12H2,(H,19,23). The highest BCUT2D eigenvalue weighted by Crippen LogP contribution is 2.24. The molecular weight excluding hydrogens is 320 g/mol. The number of hydrogen-bond donors (Lipinski definition) is 1. The van der Waals surface area contributed by atoms with E-state index in [0.29, 0.717) is 6.42 Å². The van der Waals surface area contributed by atoms with Crippen LogP contribution in [0.1, 0.15) is 23.5 Å². The molecule has 0 saturated carbocycles. The number of fused-ring (bicyclic) bond motifs is 1. The van der Waals surface area contributed by atoms with Gasteiger partial charge < -0.3 is 9.88 Å². The Bertz CT molecular complexity index is 837. The Morgan fingerprint density at radius 3 is 2.83 bits per heavy atom. The molecule has 4 rings (SSSR count). The lowest BCUT2D eigenvalue weighted by atomic mass is 10.1. The fourth-order valence-corrected chi connectivity index (χ4v) is 3.70. The maximum absolute atomic E-state index is 12.1. The minimum atomic E-state index is 0.00468. The predicted molar refractivity (Wildman–Crippen MR) is 95.0 cm³/mol. The van der Waals surface area contributed by atoms with E-state index < -0.39 is 0 Å². The molecule has 1 amide bonds. The molecule has 0 unspecified atom stereocenters. The Labute approximate surface area is 144 Å². The van der Waals surface area contributed by atoms with E-state index in [0.717, 1.165) is 40.7 Å². The Hall–Kier alpha value is -2.47. The van der Waals surface area contributed by atoms with E-state index >= 15 is 0 Å². The van der Waals surface area contributed by atoms with Gasteiger partial charge in [-0.25, -0.2) is 0 Å². The molecule has 1 aliphatic rings. The van der Waals surface area contributed by atoms with E-state index in [-0.39, 0.29) is 5.91 Å². The summed E-state index contributed by atoms with van der Waals surface area (Å²) in [4.78, 5) is 13.1. The fourth-order valence-electron chi connectivity index (χ4n) is 3.00. The predicted octanol–water partition coefficient (Wildman–Crippen LogP) is 3.52. The molecule has 3 heterocycles. The van der Waals surface area contributed by atoms with Crippen molar-refractivity contribution >= 4 is 22.9 Å². The molecule has 122 valence electrons.